The number of hydrogen-bond acceptors (Lipinski definition) is 2. The molecule has 0 spiro atoms. The highest BCUT2D eigenvalue weighted by atomic mass is 16.2. The van der Waals surface area contributed by atoms with E-state index in [4.69, 9.17) is 0 Å². The Hall–Kier alpha value is -2.04. The van der Waals surface area contributed by atoms with E-state index in [2.05, 4.69) is 39.9 Å². The number of nitrogens with zero attached hydrogens (tertiary/aromatic N) is 2. The van der Waals surface area contributed by atoms with Gasteiger partial charge in [-0.3, -0.25) is 9.79 Å². The normalized spacial score (nSPS) is 21.0. The van der Waals surface area contributed by atoms with Gasteiger partial charge in [0.25, 0.3) is 0 Å². The number of amides is 1. The van der Waals surface area contributed by atoms with Crippen LogP contribution in [-0.2, 0) is 17.6 Å². The van der Waals surface area contributed by atoms with Crippen molar-refractivity contribution < 1.29 is 4.79 Å². The van der Waals surface area contributed by atoms with Crippen LogP contribution in [0.1, 0.15) is 30.4 Å². The number of carbonyl (C=O) groups excluding carboxylic acids is 1. The molecule has 0 bridgehead atoms. The number of carbonyl (C=O) groups is 1. The van der Waals surface area contributed by atoms with Crippen molar-refractivity contribution in [1.29, 1.82) is 0 Å². The lowest BCUT2D eigenvalue weighted by Crippen LogP contribution is -2.48. The highest BCUT2D eigenvalue weighted by Gasteiger charge is 2.20. The van der Waals surface area contributed by atoms with Gasteiger partial charge >= 0.3 is 0 Å². The minimum absolute atomic E-state index is 0.166. The first-order chi connectivity index (χ1) is 11.3. The molecule has 1 aromatic rings. The average Bonchev–Trinajstić information content (AvgIpc) is 3.13. The van der Waals surface area contributed by atoms with E-state index >= 15 is 0 Å². The molecule has 0 radical (unpaired) electrons. The van der Waals surface area contributed by atoms with Gasteiger partial charge in [0.2, 0.25) is 5.91 Å². The number of hydrogen-bond donors (Lipinski definition) is 2. The molecule has 23 heavy (non-hydrogen) atoms. The molecule has 1 amide bonds. The molecule has 1 fully saturated rings. The topological polar surface area (TPSA) is 56.7 Å². The van der Waals surface area contributed by atoms with Crippen molar-refractivity contribution in [2.75, 3.05) is 26.7 Å². The lowest BCUT2D eigenvalue weighted by molar-refractivity contribution is -0.128. The standard InChI is InChI=1S/C18H26N4O/c1-19-18(20-13-17(23)22-10-4-5-11-22)21-16-9-8-14-6-2-3-7-15(14)12-16/h2-3,6-7,16H,4-5,8-13H2,1H3,(H2,19,20,21). The van der Waals surface area contributed by atoms with Crippen LogP contribution in [0.3, 0.4) is 0 Å². The minimum atomic E-state index is 0.166. The zero-order valence-electron chi connectivity index (χ0n) is 13.8. The highest BCUT2D eigenvalue weighted by molar-refractivity contribution is 5.86. The number of guanidine groups is 1. The van der Waals surface area contributed by atoms with Crippen molar-refractivity contribution in [3.05, 3.63) is 35.4 Å². The van der Waals surface area contributed by atoms with E-state index in [0.717, 1.165) is 51.2 Å². The third-order valence-electron chi connectivity index (χ3n) is 4.78. The van der Waals surface area contributed by atoms with Crippen LogP contribution in [0, 0.1) is 0 Å². The van der Waals surface area contributed by atoms with Crippen LogP contribution in [-0.4, -0.2) is 49.5 Å². The summed E-state index contributed by atoms with van der Waals surface area (Å²) in [5, 5.41) is 6.63. The molecular formula is C18H26N4O. The second-order valence-electron chi connectivity index (χ2n) is 6.37. The molecule has 1 aliphatic heterocycles. The van der Waals surface area contributed by atoms with E-state index < -0.39 is 0 Å². The van der Waals surface area contributed by atoms with Crippen molar-refractivity contribution >= 4 is 11.9 Å². The van der Waals surface area contributed by atoms with Gasteiger partial charge in [0, 0.05) is 26.2 Å². The third-order valence-corrected chi connectivity index (χ3v) is 4.78. The molecule has 1 unspecified atom stereocenters. The first-order valence-corrected chi connectivity index (χ1v) is 8.58. The Bertz CT molecular complexity index is 578. The largest absolute Gasteiger partial charge is 0.353 e. The molecule has 5 heteroatoms. The Labute approximate surface area is 138 Å². The molecule has 5 nitrogen and oxygen atoms in total. The molecular weight excluding hydrogens is 288 g/mol. The fraction of sp³-hybridized carbons (Fsp3) is 0.556. The fourth-order valence-corrected chi connectivity index (χ4v) is 3.45. The van der Waals surface area contributed by atoms with Crippen molar-refractivity contribution in [2.45, 2.75) is 38.1 Å². The van der Waals surface area contributed by atoms with Gasteiger partial charge in [-0.15, -0.1) is 0 Å². The van der Waals surface area contributed by atoms with Gasteiger partial charge in [-0.1, -0.05) is 24.3 Å². The molecule has 0 saturated carbocycles. The van der Waals surface area contributed by atoms with Crippen LogP contribution in [0.5, 0.6) is 0 Å². The first-order valence-electron chi connectivity index (χ1n) is 8.58. The maximum atomic E-state index is 12.1. The van der Waals surface area contributed by atoms with Gasteiger partial charge in [0.15, 0.2) is 5.96 Å². The summed E-state index contributed by atoms with van der Waals surface area (Å²) >= 11 is 0. The zero-order valence-corrected chi connectivity index (χ0v) is 13.8. The Balaban J connectivity index is 1.49. The summed E-state index contributed by atoms with van der Waals surface area (Å²) in [6.45, 7) is 2.11. The van der Waals surface area contributed by atoms with Crippen molar-refractivity contribution in [1.82, 2.24) is 15.5 Å². The molecule has 1 aliphatic carbocycles. The number of nitrogens with one attached hydrogen (secondary N) is 2. The van der Waals surface area contributed by atoms with Crippen LogP contribution >= 0.6 is 0 Å². The average molecular weight is 314 g/mol. The summed E-state index contributed by atoms with van der Waals surface area (Å²) in [7, 11) is 1.76. The SMILES string of the molecule is CN=C(NCC(=O)N1CCCC1)NC1CCc2ccccc2C1. The van der Waals surface area contributed by atoms with E-state index in [1.54, 1.807) is 7.05 Å². The number of aryl methyl sites for hydroxylation is 1. The molecule has 0 aromatic heterocycles. The molecule has 1 heterocycles. The summed E-state index contributed by atoms with van der Waals surface area (Å²) in [4.78, 5) is 18.3. The zero-order chi connectivity index (χ0) is 16.1. The maximum absolute atomic E-state index is 12.1. The highest BCUT2D eigenvalue weighted by Crippen LogP contribution is 2.20. The van der Waals surface area contributed by atoms with E-state index in [-0.39, 0.29) is 5.91 Å². The molecule has 1 aromatic carbocycles. The molecule has 1 saturated heterocycles. The van der Waals surface area contributed by atoms with Crippen LogP contribution in [0.25, 0.3) is 0 Å². The maximum Gasteiger partial charge on any atom is 0.241 e. The Morgan fingerprint density at radius 3 is 2.74 bits per heavy atom. The molecule has 124 valence electrons. The number of benzene rings is 1. The van der Waals surface area contributed by atoms with Gasteiger partial charge in [-0.2, -0.15) is 0 Å². The monoisotopic (exact) mass is 314 g/mol. The summed E-state index contributed by atoms with van der Waals surface area (Å²) in [5.41, 5.74) is 2.87. The predicted molar refractivity (Wildman–Crippen MR) is 92.6 cm³/mol. The number of fused-ring (bicyclic) bond motifs is 1. The van der Waals surface area contributed by atoms with Crippen molar-refractivity contribution in [2.24, 2.45) is 4.99 Å². The van der Waals surface area contributed by atoms with Crippen LogP contribution < -0.4 is 10.6 Å². The molecule has 2 aliphatic rings. The number of rotatable bonds is 3. The summed E-state index contributed by atoms with van der Waals surface area (Å²) < 4.78 is 0. The smallest absolute Gasteiger partial charge is 0.241 e. The van der Waals surface area contributed by atoms with Crippen molar-refractivity contribution in [3.63, 3.8) is 0 Å². The van der Waals surface area contributed by atoms with E-state index in [9.17, 15) is 4.79 Å². The minimum Gasteiger partial charge on any atom is -0.353 e. The van der Waals surface area contributed by atoms with E-state index in [0.29, 0.717) is 12.6 Å². The summed E-state index contributed by atoms with van der Waals surface area (Å²) in [5.74, 6) is 0.890. The first kappa shape index (κ1) is 15.8. The lowest BCUT2D eigenvalue weighted by atomic mass is 9.88. The van der Waals surface area contributed by atoms with Gasteiger partial charge in [0.1, 0.15) is 0 Å². The summed E-state index contributed by atoms with van der Waals surface area (Å²) in [6.07, 6.45) is 5.45. The summed E-state index contributed by atoms with van der Waals surface area (Å²) in [6, 6.07) is 9.00. The lowest BCUT2D eigenvalue weighted by Gasteiger charge is -2.27. The molecule has 2 N–H and O–H groups in total. The van der Waals surface area contributed by atoms with Gasteiger partial charge in [-0.05, 0) is 43.2 Å². The Morgan fingerprint density at radius 2 is 2.00 bits per heavy atom. The predicted octanol–water partition coefficient (Wildman–Crippen LogP) is 1.33. The van der Waals surface area contributed by atoms with Gasteiger partial charge in [-0.25, -0.2) is 0 Å². The molecule has 1 atom stereocenters. The molecule has 3 rings (SSSR count). The second-order valence-corrected chi connectivity index (χ2v) is 6.37. The van der Waals surface area contributed by atoms with E-state index in [1.807, 2.05) is 4.90 Å². The quantitative estimate of drug-likeness (QED) is 0.654. The fourth-order valence-electron chi connectivity index (χ4n) is 3.45. The Kier molecular flexibility index (Phi) is 5.16. The van der Waals surface area contributed by atoms with Gasteiger partial charge in [0.05, 0.1) is 6.54 Å². The van der Waals surface area contributed by atoms with Crippen LogP contribution in [0.2, 0.25) is 0 Å². The van der Waals surface area contributed by atoms with Crippen LogP contribution in [0.15, 0.2) is 29.3 Å². The second kappa shape index (κ2) is 7.49. The number of likely N-dealkylation sites (tertiary alicyclic amines) is 1. The van der Waals surface area contributed by atoms with Gasteiger partial charge < -0.3 is 15.5 Å². The third kappa shape index (κ3) is 4.03. The number of aliphatic imine (C=N–C) groups is 1. The van der Waals surface area contributed by atoms with E-state index in [1.165, 1.54) is 11.1 Å². The van der Waals surface area contributed by atoms with Crippen molar-refractivity contribution in [3.8, 4) is 0 Å². The van der Waals surface area contributed by atoms with Crippen LogP contribution in [0.4, 0.5) is 0 Å². The Morgan fingerprint density at radius 1 is 1.26 bits per heavy atom.